The van der Waals surface area contributed by atoms with Gasteiger partial charge in [0.15, 0.2) is 0 Å². The SMILES string of the molecule is CC(O)CN(C)Cc1ccccn1. The molecule has 3 heteroatoms. The van der Waals surface area contributed by atoms with Gasteiger partial charge in [0.2, 0.25) is 0 Å². The van der Waals surface area contributed by atoms with Crippen LogP contribution in [0.1, 0.15) is 12.6 Å². The minimum Gasteiger partial charge on any atom is -0.392 e. The van der Waals surface area contributed by atoms with Crippen molar-refractivity contribution in [3.63, 3.8) is 0 Å². The molecule has 3 nitrogen and oxygen atoms in total. The number of hydrogen-bond donors (Lipinski definition) is 1. The van der Waals surface area contributed by atoms with Crippen LogP contribution in [0.3, 0.4) is 0 Å². The molecular weight excluding hydrogens is 164 g/mol. The van der Waals surface area contributed by atoms with Gasteiger partial charge in [0, 0.05) is 19.3 Å². The van der Waals surface area contributed by atoms with Gasteiger partial charge in [0.1, 0.15) is 0 Å². The van der Waals surface area contributed by atoms with Crippen molar-refractivity contribution in [1.29, 1.82) is 0 Å². The molecule has 1 atom stereocenters. The van der Waals surface area contributed by atoms with Crippen LogP contribution in [0.15, 0.2) is 24.4 Å². The quantitative estimate of drug-likeness (QED) is 0.747. The van der Waals surface area contributed by atoms with Gasteiger partial charge in [-0.1, -0.05) is 6.07 Å². The van der Waals surface area contributed by atoms with E-state index in [4.69, 9.17) is 5.11 Å². The summed E-state index contributed by atoms with van der Waals surface area (Å²) in [6.45, 7) is 3.25. The minimum atomic E-state index is -0.284. The molecule has 0 saturated carbocycles. The first-order chi connectivity index (χ1) is 6.18. The van der Waals surface area contributed by atoms with Gasteiger partial charge in [0.25, 0.3) is 0 Å². The molecular formula is C10H16N2O. The van der Waals surface area contributed by atoms with Crippen LogP contribution in [0, 0.1) is 0 Å². The van der Waals surface area contributed by atoms with E-state index >= 15 is 0 Å². The van der Waals surface area contributed by atoms with E-state index in [0.29, 0.717) is 6.54 Å². The average Bonchev–Trinajstić information content (AvgIpc) is 2.04. The zero-order valence-electron chi connectivity index (χ0n) is 8.14. The molecule has 13 heavy (non-hydrogen) atoms. The Bertz CT molecular complexity index is 236. The third-order valence-electron chi connectivity index (χ3n) is 1.73. The van der Waals surface area contributed by atoms with Crippen molar-refractivity contribution < 1.29 is 5.11 Å². The molecule has 0 radical (unpaired) electrons. The van der Waals surface area contributed by atoms with Gasteiger partial charge < -0.3 is 5.11 Å². The van der Waals surface area contributed by atoms with Crippen molar-refractivity contribution >= 4 is 0 Å². The molecule has 1 aromatic rings. The van der Waals surface area contributed by atoms with Crippen LogP contribution >= 0.6 is 0 Å². The monoisotopic (exact) mass is 180 g/mol. The Morgan fingerprint density at radius 1 is 1.54 bits per heavy atom. The molecule has 0 aliphatic heterocycles. The summed E-state index contributed by atoms with van der Waals surface area (Å²) in [6, 6.07) is 5.86. The van der Waals surface area contributed by atoms with Crippen molar-refractivity contribution in [2.45, 2.75) is 19.6 Å². The Labute approximate surface area is 79.0 Å². The molecule has 1 aromatic heterocycles. The lowest BCUT2D eigenvalue weighted by molar-refractivity contribution is 0.138. The van der Waals surface area contributed by atoms with Gasteiger partial charge >= 0.3 is 0 Å². The molecule has 1 heterocycles. The first kappa shape index (κ1) is 10.2. The van der Waals surface area contributed by atoms with Crippen LogP contribution < -0.4 is 0 Å². The van der Waals surface area contributed by atoms with Gasteiger partial charge in [-0.05, 0) is 26.1 Å². The maximum atomic E-state index is 9.14. The Balaban J connectivity index is 2.41. The van der Waals surface area contributed by atoms with Crippen LogP contribution in [0.4, 0.5) is 0 Å². The standard InChI is InChI=1S/C10H16N2O/c1-9(13)7-12(2)8-10-5-3-4-6-11-10/h3-6,9,13H,7-8H2,1-2H3. The number of nitrogens with zero attached hydrogens (tertiary/aromatic N) is 2. The van der Waals surface area contributed by atoms with Crippen molar-refractivity contribution in [2.75, 3.05) is 13.6 Å². The highest BCUT2D eigenvalue weighted by Crippen LogP contribution is 1.99. The third-order valence-corrected chi connectivity index (χ3v) is 1.73. The van der Waals surface area contributed by atoms with E-state index in [9.17, 15) is 0 Å². The second-order valence-corrected chi connectivity index (χ2v) is 3.37. The summed E-state index contributed by atoms with van der Waals surface area (Å²) >= 11 is 0. The molecule has 1 rings (SSSR count). The van der Waals surface area contributed by atoms with Gasteiger partial charge in [-0.25, -0.2) is 0 Å². The number of likely N-dealkylation sites (N-methyl/N-ethyl adjacent to an activating group) is 1. The number of aromatic nitrogens is 1. The molecule has 0 spiro atoms. The van der Waals surface area contributed by atoms with Crippen molar-refractivity contribution in [3.05, 3.63) is 30.1 Å². The third kappa shape index (κ3) is 4.01. The predicted molar refractivity (Wildman–Crippen MR) is 52.3 cm³/mol. The number of pyridine rings is 1. The van der Waals surface area contributed by atoms with Crippen molar-refractivity contribution in [2.24, 2.45) is 0 Å². The van der Waals surface area contributed by atoms with Gasteiger partial charge in [0.05, 0.1) is 11.8 Å². The largest absolute Gasteiger partial charge is 0.392 e. The lowest BCUT2D eigenvalue weighted by Gasteiger charge is -2.17. The summed E-state index contributed by atoms with van der Waals surface area (Å²) in [5.41, 5.74) is 1.03. The van der Waals surface area contributed by atoms with E-state index < -0.39 is 0 Å². The first-order valence-electron chi connectivity index (χ1n) is 4.45. The molecule has 72 valence electrons. The van der Waals surface area contributed by atoms with E-state index in [1.807, 2.05) is 30.1 Å². The number of aliphatic hydroxyl groups excluding tert-OH is 1. The van der Waals surface area contributed by atoms with E-state index in [1.165, 1.54) is 0 Å². The normalized spacial score (nSPS) is 13.2. The summed E-state index contributed by atoms with van der Waals surface area (Å²) in [4.78, 5) is 6.25. The van der Waals surface area contributed by atoms with E-state index in [0.717, 1.165) is 12.2 Å². The number of rotatable bonds is 4. The minimum absolute atomic E-state index is 0.284. The smallest absolute Gasteiger partial charge is 0.0639 e. The Morgan fingerprint density at radius 3 is 2.85 bits per heavy atom. The second kappa shape index (κ2) is 4.94. The topological polar surface area (TPSA) is 36.4 Å². The van der Waals surface area contributed by atoms with Gasteiger partial charge in [-0.2, -0.15) is 0 Å². The van der Waals surface area contributed by atoms with Gasteiger partial charge in [-0.15, -0.1) is 0 Å². The zero-order valence-corrected chi connectivity index (χ0v) is 8.14. The van der Waals surface area contributed by atoms with Crippen molar-refractivity contribution in [3.8, 4) is 0 Å². The molecule has 0 bridgehead atoms. The Hall–Kier alpha value is -0.930. The van der Waals surface area contributed by atoms with E-state index in [2.05, 4.69) is 4.98 Å². The van der Waals surface area contributed by atoms with Crippen LogP contribution in [0.2, 0.25) is 0 Å². The number of hydrogen-bond acceptors (Lipinski definition) is 3. The Morgan fingerprint density at radius 2 is 2.31 bits per heavy atom. The molecule has 0 aliphatic rings. The fourth-order valence-corrected chi connectivity index (χ4v) is 1.28. The molecule has 0 amide bonds. The summed E-state index contributed by atoms with van der Waals surface area (Å²) in [5.74, 6) is 0. The molecule has 0 aliphatic carbocycles. The van der Waals surface area contributed by atoms with Crippen molar-refractivity contribution in [1.82, 2.24) is 9.88 Å². The van der Waals surface area contributed by atoms with E-state index in [1.54, 1.807) is 13.1 Å². The average molecular weight is 180 g/mol. The van der Waals surface area contributed by atoms with Crippen LogP contribution in [-0.2, 0) is 6.54 Å². The fraction of sp³-hybridized carbons (Fsp3) is 0.500. The summed E-state index contributed by atoms with van der Waals surface area (Å²) in [6.07, 6.45) is 1.50. The molecule has 0 fully saturated rings. The van der Waals surface area contributed by atoms with Crippen LogP contribution in [-0.4, -0.2) is 34.7 Å². The first-order valence-corrected chi connectivity index (χ1v) is 4.45. The highest BCUT2D eigenvalue weighted by molar-refractivity contribution is 5.02. The van der Waals surface area contributed by atoms with Crippen LogP contribution in [0.5, 0.6) is 0 Å². The number of aliphatic hydroxyl groups is 1. The summed E-state index contributed by atoms with van der Waals surface area (Å²) < 4.78 is 0. The molecule has 0 aromatic carbocycles. The van der Waals surface area contributed by atoms with E-state index in [-0.39, 0.29) is 6.10 Å². The molecule has 0 saturated heterocycles. The second-order valence-electron chi connectivity index (χ2n) is 3.37. The lowest BCUT2D eigenvalue weighted by Crippen LogP contribution is -2.27. The van der Waals surface area contributed by atoms with Gasteiger partial charge in [-0.3, -0.25) is 9.88 Å². The maximum Gasteiger partial charge on any atom is 0.0639 e. The fourth-order valence-electron chi connectivity index (χ4n) is 1.28. The highest BCUT2D eigenvalue weighted by Gasteiger charge is 2.03. The molecule has 1 N–H and O–H groups in total. The highest BCUT2D eigenvalue weighted by atomic mass is 16.3. The van der Waals surface area contributed by atoms with Crippen LogP contribution in [0.25, 0.3) is 0 Å². The molecule has 1 unspecified atom stereocenters. The lowest BCUT2D eigenvalue weighted by atomic mass is 10.3. The summed E-state index contributed by atoms with van der Waals surface area (Å²) in [7, 11) is 1.97. The zero-order chi connectivity index (χ0) is 9.68. The maximum absolute atomic E-state index is 9.14. The Kier molecular flexibility index (Phi) is 3.86. The predicted octanol–water partition coefficient (Wildman–Crippen LogP) is 0.894. The summed E-state index contributed by atoms with van der Waals surface area (Å²) in [5, 5.41) is 9.14.